The van der Waals surface area contributed by atoms with Crippen LogP contribution in [0.15, 0.2) is 75.7 Å². The van der Waals surface area contributed by atoms with E-state index in [0.717, 1.165) is 21.4 Å². The number of unbranched alkanes of at least 4 members (excludes halogenated alkanes) is 1. The predicted octanol–water partition coefficient (Wildman–Crippen LogP) is 6.71. The molecule has 0 nitrogen and oxygen atoms in total. The summed E-state index contributed by atoms with van der Waals surface area (Å²) in [4.78, 5) is 0. The Morgan fingerprint density at radius 2 is 1.23 bits per heavy atom. The number of hydrogen-bond acceptors (Lipinski definition) is 0. The van der Waals surface area contributed by atoms with Crippen LogP contribution in [0.25, 0.3) is 0 Å². The fraction of sp³-hybridized carbons (Fsp3) is 0.217. The van der Waals surface area contributed by atoms with E-state index in [0.29, 0.717) is 0 Å². The van der Waals surface area contributed by atoms with Crippen LogP contribution in [0, 0.1) is 6.92 Å². The van der Waals surface area contributed by atoms with E-state index in [1.165, 1.54) is 49.1 Å². The van der Waals surface area contributed by atoms with Gasteiger partial charge in [0.15, 0.2) is 0 Å². The maximum Gasteiger partial charge on any atom is 0.0218 e. The third kappa shape index (κ3) is 5.78. The van der Waals surface area contributed by atoms with Crippen LogP contribution in [-0.2, 0) is 12.8 Å². The standard InChI is InChI=1S/C23H23Br2P/c1-17-22(24)15-19(16-23(17)25)8-6-5-7-18-11-13-21(14-12-18)26-20-9-3-2-4-10-20/h2-4,9-16,26H,5-8H2,1H3. The number of hydrogen-bond donors (Lipinski definition) is 0. The molecule has 0 bridgehead atoms. The van der Waals surface area contributed by atoms with Crippen LogP contribution >= 0.6 is 40.4 Å². The molecular weight excluding hydrogens is 467 g/mol. The highest BCUT2D eigenvalue weighted by Gasteiger charge is 2.04. The summed E-state index contributed by atoms with van der Waals surface area (Å²) >= 11 is 7.29. The molecule has 0 aliphatic heterocycles. The number of benzene rings is 3. The van der Waals surface area contributed by atoms with Crippen LogP contribution in [0.2, 0.25) is 0 Å². The molecule has 134 valence electrons. The first-order chi connectivity index (χ1) is 12.6. The summed E-state index contributed by atoms with van der Waals surface area (Å²) in [5.74, 6) is 0. The normalized spacial score (nSPS) is 11.3. The SMILES string of the molecule is Cc1c(Br)cc(CCCCc2ccc(Pc3ccccc3)cc2)cc1Br. The maximum absolute atomic E-state index is 3.64. The summed E-state index contributed by atoms with van der Waals surface area (Å²) in [5, 5.41) is 2.81. The minimum absolute atomic E-state index is 0.744. The van der Waals surface area contributed by atoms with Gasteiger partial charge in [-0.2, -0.15) is 0 Å². The second-order valence-electron chi connectivity index (χ2n) is 6.58. The molecule has 26 heavy (non-hydrogen) atoms. The summed E-state index contributed by atoms with van der Waals surface area (Å²) in [6.07, 6.45) is 4.73. The lowest BCUT2D eigenvalue weighted by molar-refractivity contribution is 0.734. The highest BCUT2D eigenvalue weighted by Crippen LogP contribution is 2.27. The first kappa shape index (κ1) is 19.8. The largest absolute Gasteiger partial charge is 0.0622 e. The van der Waals surface area contributed by atoms with E-state index in [4.69, 9.17) is 0 Å². The van der Waals surface area contributed by atoms with Gasteiger partial charge in [0.05, 0.1) is 0 Å². The fourth-order valence-electron chi connectivity index (χ4n) is 2.94. The van der Waals surface area contributed by atoms with Gasteiger partial charge in [0.25, 0.3) is 0 Å². The molecule has 0 heterocycles. The molecule has 0 aromatic heterocycles. The van der Waals surface area contributed by atoms with Crippen molar-refractivity contribution in [1.29, 1.82) is 0 Å². The van der Waals surface area contributed by atoms with E-state index in [9.17, 15) is 0 Å². The molecule has 0 fully saturated rings. The van der Waals surface area contributed by atoms with Crippen molar-refractivity contribution in [2.45, 2.75) is 32.6 Å². The van der Waals surface area contributed by atoms with E-state index in [2.05, 4.69) is 106 Å². The van der Waals surface area contributed by atoms with Gasteiger partial charge in [-0.3, -0.25) is 0 Å². The summed E-state index contributed by atoms with van der Waals surface area (Å²) in [7, 11) is 0.744. The first-order valence-electron chi connectivity index (χ1n) is 8.97. The minimum atomic E-state index is 0.744. The molecule has 0 saturated carbocycles. The van der Waals surface area contributed by atoms with Gasteiger partial charge in [-0.25, -0.2) is 0 Å². The van der Waals surface area contributed by atoms with Gasteiger partial charge in [-0.1, -0.05) is 95.0 Å². The third-order valence-electron chi connectivity index (χ3n) is 4.54. The molecule has 0 saturated heterocycles. The average Bonchev–Trinajstić information content (AvgIpc) is 2.65. The molecule has 3 aromatic rings. The highest BCUT2D eigenvalue weighted by molar-refractivity contribution is 9.11. The Hall–Kier alpha value is -0.950. The second kappa shape index (κ2) is 9.83. The number of halogens is 2. The van der Waals surface area contributed by atoms with Crippen LogP contribution in [0.1, 0.15) is 29.5 Å². The monoisotopic (exact) mass is 488 g/mol. The van der Waals surface area contributed by atoms with E-state index >= 15 is 0 Å². The van der Waals surface area contributed by atoms with Crippen LogP contribution in [0.5, 0.6) is 0 Å². The number of aryl methyl sites for hydroxylation is 2. The minimum Gasteiger partial charge on any atom is -0.0622 e. The Balaban J connectivity index is 1.46. The second-order valence-corrected chi connectivity index (χ2v) is 9.69. The Labute approximate surface area is 175 Å². The summed E-state index contributed by atoms with van der Waals surface area (Å²) in [6.45, 7) is 2.12. The van der Waals surface area contributed by atoms with E-state index < -0.39 is 0 Å². The van der Waals surface area contributed by atoms with Crippen molar-refractivity contribution in [3.63, 3.8) is 0 Å². The number of rotatable bonds is 7. The van der Waals surface area contributed by atoms with Gasteiger partial charge in [-0.05, 0) is 72.0 Å². The van der Waals surface area contributed by atoms with Crippen LogP contribution < -0.4 is 10.6 Å². The quantitative estimate of drug-likeness (QED) is 0.255. The van der Waals surface area contributed by atoms with Gasteiger partial charge in [0.1, 0.15) is 0 Å². The van der Waals surface area contributed by atoms with E-state index in [1.807, 2.05) is 0 Å². The molecule has 3 rings (SSSR count). The molecule has 0 radical (unpaired) electrons. The zero-order valence-corrected chi connectivity index (χ0v) is 19.1. The summed E-state index contributed by atoms with van der Waals surface area (Å²) in [6, 6.07) is 24.4. The van der Waals surface area contributed by atoms with Crippen molar-refractivity contribution in [2.75, 3.05) is 0 Å². The van der Waals surface area contributed by atoms with Crippen molar-refractivity contribution in [2.24, 2.45) is 0 Å². The molecule has 3 aromatic carbocycles. The first-order valence-corrected chi connectivity index (χ1v) is 11.6. The molecular formula is C23H23Br2P. The van der Waals surface area contributed by atoms with Crippen molar-refractivity contribution in [3.05, 3.63) is 92.4 Å². The van der Waals surface area contributed by atoms with Crippen molar-refractivity contribution in [1.82, 2.24) is 0 Å². The van der Waals surface area contributed by atoms with Gasteiger partial charge >= 0.3 is 0 Å². The van der Waals surface area contributed by atoms with Gasteiger partial charge in [0.2, 0.25) is 0 Å². The Morgan fingerprint density at radius 1 is 0.692 bits per heavy atom. The molecule has 0 amide bonds. The molecule has 0 spiro atoms. The molecule has 1 atom stereocenters. The van der Waals surface area contributed by atoms with Crippen LogP contribution in [0.4, 0.5) is 0 Å². The van der Waals surface area contributed by atoms with Crippen LogP contribution in [-0.4, -0.2) is 0 Å². The van der Waals surface area contributed by atoms with Crippen molar-refractivity contribution >= 4 is 51.0 Å². The Kier molecular flexibility index (Phi) is 7.49. The maximum atomic E-state index is 3.64. The molecule has 0 aliphatic carbocycles. The van der Waals surface area contributed by atoms with Crippen molar-refractivity contribution < 1.29 is 0 Å². The van der Waals surface area contributed by atoms with Crippen LogP contribution in [0.3, 0.4) is 0 Å². The zero-order chi connectivity index (χ0) is 18.4. The van der Waals surface area contributed by atoms with Gasteiger partial charge in [0, 0.05) is 8.95 Å². The smallest absolute Gasteiger partial charge is 0.0218 e. The lowest BCUT2D eigenvalue weighted by Gasteiger charge is -2.08. The van der Waals surface area contributed by atoms with Crippen molar-refractivity contribution in [3.8, 4) is 0 Å². The Morgan fingerprint density at radius 3 is 1.85 bits per heavy atom. The zero-order valence-electron chi connectivity index (χ0n) is 14.9. The Bertz CT molecular complexity index is 819. The molecule has 0 aliphatic rings. The molecule has 3 heteroatoms. The summed E-state index contributed by atoms with van der Waals surface area (Å²) in [5.41, 5.74) is 4.11. The highest BCUT2D eigenvalue weighted by atomic mass is 79.9. The average molecular weight is 490 g/mol. The third-order valence-corrected chi connectivity index (χ3v) is 7.43. The predicted molar refractivity (Wildman–Crippen MR) is 124 cm³/mol. The molecule has 0 N–H and O–H groups in total. The molecule has 1 unspecified atom stereocenters. The fourth-order valence-corrected chi connectivity index (χ4v) is 5.25. The van der Waals surface area contributed by atoms with Gasteiger partial charge < -0.3 is 0 Å². The topological polar surface area (TPSA) is 0 Å². The lowest BCUT2D eigenvalue weighted by atomic mass is 10.0. The lowest BCUT2D eigenvalue weighted by Crippen LogP contribution is -2.02. The summed E-state index contributed by atoms with van der Waals surface area (Å²) < 4.78 is 2.38. The van der Waals surface area contributed by atoms with E-state index in [-0.39, 0.29) is 0 Å². The van der Waals surface area contributed by atoms with Gasteiger partial charge in [-0.15, -0.1) is 0 Å². The van der Waals surface area contributed by atoms with E-state index in [1.54, 1.807) is 0 Å².